The molecule has 29 heavy (non-hydrogen) atoms. The van der Waals surface area contributed by atoms with E-state index in [1.165, 1.54) is 7.11 Å². The van der Waals surface area contributed by atoms with Crippen LogP contribution in [-0.4, -0.2) is 55.6 Å². The van der Waals surface area contributed by atoms with Gasteiger partial charge in [0.05, 0.1) is 25.8 Å². The number of benzene rings is 1. The Balaban J connectivity index is 1.56. The molecule has 0 N–H and O–H groups in total. The number of amides is 1. The molecule has 1 amide bonds. The number of rotatable bonds is 4. The number of ether oxygens (including phenoxy) is 2. The van der Waals surface area contributed by atoms with Gasteiger partial charge in [0, 0.05) is 44.6 Å². The van der Waals surface area contributed by atoms with Crippen LogP contribution in [0.1, 0.15) is 28.9 Å². The third-order valence-electron chi connectivity index (χ3n) is 6.02. The van der Waals surface area contributed by atoms with E-state index in [0.29, 0.717) is 17.4 Å². The summed E-state index contributed by atoms with van der Waals surface area (Å²) in [7, 11) is 3.01. The summed E-state index contributed by atoms with van der Waals surface area (Å²) in [6.45, 7) is 4.04. The highest BCUT2D eigenvalue weighted by Crippen LogP contribution is 2.45. The third kappa shape index (κ3) is 3.52. The lowest BCUT2D eigenvalue weighted by atomic mass is 9.89. The summed E-state index contributed by atoms with van der Waals surface area (Å²) in [5.41, 5.74) is 1.57. The van der Waals surface area contributed by atoms with Crippen molar-refractivity contribution in [3.63, 3.8) is 0 Å². The predicted molar refractivity (Wildman–Crippen MR) is 108 cm³/mol. The maximum absolute atomic E-state index is 12.3. The first-order valence-corrected chi connectivity index (χ1v) is 9.72. The van der Waals surface area contributed by atoms with Crippen molar-refractivity contribution in [3.8, 4) is 5.75 Å². The van der Waals surface area contributed by atoms with Crippen LogP contribution < -0.4 is 9.64 Å². The molecule has 1 aromatic carbocycles. The molecule has 7 heteroatoms. The van der Waals surface area contributed by atoms with E-state index in [2.05, 4.69) is 9.88 Å². The van der Waals surface area contributed by atoms with Crippen molar-refractivity contribution in [2.75, 3.05) is 38.8 Å². The number of pyridine rings is 1. The first-order valence-electron chi connectivity index (χ1n) is 9.72. The number of likely N-dealkylation sites (tertiary alicyclic amines) is 1. The second kappa shape index (κ2) is 7.73. The molecule has 2 aliphatic heterocycles. The van der Waals surface area contributed by atoms with Crippen LogP contribution in [0.4, 0.5) is 5.82 Å². The number of esters is 1. The summed E-state index contributed by atoms with van der Waals surface area (Å²) in [5.74, 6) is 2.07. The fraction of sp³-hybridized carbons (Fsp3) is 0.409. The standard InChI is InChI=1S/C22H25N3O4/c1-14(26)25-12-17-11-24(20-9-6-16(10-23-20)22(27)29-3)13-19(17)21(25)15-4-7-18(28-2)8-5-15/h4-10,17,19,21H,11-13H2,1-3H3/t17-,19-,21+/m1/s1. The fourth-order valence-electron chi connectivity index (χ4n) is 4.60. The monoisotopic (exact) mass is 395 g/mol. The molecule has 0 spiro atoms. The predicted octanol–water partition coefficient (Wildman–Crippen LogP) is 2.53. The van der Waals surface area contributed by atoms with Crippen molar-refractivity contribution in [2.24, 2.45) is 11.8 Å². The van der Waals surface area contributed by atoms with Crippen LogP contribution in [-0.2, 0) is 9.53 Å². The zero-order valence-electron chi connectivity index (χ0n) is 16.9. The van der Waals surface area contributed by atoms with Crippen molar-refractivity contribution in [1.29, 1.82) is 0 Å². The second-order valence-corrected chi connectivity index (χ2v) is 7.61. The number of anilines is 1. The molecular formula is C22H25N3O4. The highest BCUT2D eigenvalue weighted by atomic mass is 16.5. The van der Waals surface area contributed by atoms with Gasteiger partial charge < -0.3 is 19.3 Å². The molecule has 0 radical (unpaired) electrons. The maximum Gasteiger partial charge on any atom is 0.339 e. The minimum Gasteiger partial charge on any atom is -0.497 e. The Morgan fingerprint density at radius 3 is 2.38 bits per heavy atom. The molecule has 4 rings (SSSR count). The maximum atomic E-state index is 12.3. The SMILES string of the molecule is COC(=O)c1ccc(N2C[C@@H]3CN(C(C)=O)[C@@H](c4ccc(OC)cc4)[C@@H]3C2)nc1. The number of nitrogens with zero attached hydrogens (tertiary/aromatic N) is 3. The molecule has 0 bridgehead atoms. The van der Waals surface area contributed by atoms with Crippen molar-refractivity contribution < 1.29 is 19.1 Å². The van der Waals surface area contributed by atoms with Gasteiger partial charge in [-0.3, -0.25) is 4.79 Å². The minimum atomic E-state index is -0.390. The lowest BCUT2D eigenvalue weighted by molar-refractivity contribution is -0.130. The average molecular weight is 395 g/mol. The summed E-state index contributed by atoms with van der Waals surface area (Å²) in [6.07, 6.45) is 1.55. The lowest BCUT2D eigenvalue weighted by Gasteiger charge is -2.29. The Morgan fingerprint density at radius 2 is 1.79 bits per heavy atom. The van der Waals surface area contributed by atoms with Gasteiger partial charge in [-0.2, -0.15) is 0 Å². The Bertz CT molecular complexity index is 897. The van der Waals surface area contributed by atoms with Crippen molar-refractivity contribution >= 4 is 17.7 Å². The van der Waals surface area contributed by atoms with Crippen LogP contribution in [0.25, 0.3) is 0 Å². The Hall–Kier alpha value is -3.09. The number of hydrogen-bond acceptors (Lipinski definition) is 6. The average Bonchev–Trinajstić information content (AvgIpc) is 3.31. The molecule has 152 valence electrons. The number of carbonyl (C=O) groups is 2. The van der Waals surface area contributed by atoms with Gasteiger partial charge in [-0.25, -0.2) is 9.78 Å². The first-order chi connectivity index (χ1) is 14.0. The zero-order valence-corrected chi connectivity index (χ0v) is 16.9. The highest BCUT2D eigenvalue weighted by molar-refractivity contribution is 5.89. The van der Waals surface area contributed by atoms with Gasteiger partial charge in [0.2, 0.25) is 5.91 Å². The molecule has 7 nitrogen and oxygen atoms in total. The topological polar surface area (TPSA) is 72.0 Å². The molecule has 0 aliphatic carbocycles. The zero-order chi connectivity index (χ0) is 20.5. The highest BCUT2D eigenvalue weighted by Gasteiger charge is 2.48. The quantitative estimate of drug-likeness (QED) is 0.741. The lowest BCUT2D eigenvalue weighted by Crippen LogP contribution is -2.34. The van der Waals surface area contributed by atoms with Gasteiger partial charge in [-0.15, -0.1) is 0 Å². The van der Waals surface area contributed by atoms with Crippen LogP contribution in [0.2, 0.25) is 0 Å². The third-order valence-corrected chi connectivity index (χ3v) is 6.02. The van der Waals surface area contributed by atoms with Gasteiger partial charge in [0.15, 0.2) is 0 Å². The van der Waals surface area contributed by atoms with E-state index < -0.39 is 0 Å². The number of carbonyl (C=O) groups excluding carboxylic acids is 2. The Labute approximate surface area is 170 Å². The molecule has 2 aliphatic rings. The molecule has 0 saturated carbocycles. The summed E-state index contributed by atoms with van der Waals surface area (Å²) < 4.78 is 10.0. The van der Waals surface area contributed by atoms with Crippen LogP contribution in [0.5, 0.6) is 5.75 Å². The number of fused-ring (bicyclic) bond motifs is 1. The largest absolute Gasteiger partial charge is 0.497 e. The van der Waals surface area contributed by atoms with Gasteiger partial charge in [0.25, 0.3) is 0 Å². The summed E-state index contributed by atoms with van der Waals surface area (Å²) in [5, 5.41) is 0. The van der Waals surface area contributed by atoms with Gasteiger partial charge in [0.1, 0.15) is 11.6 Å². The molecule has 2 fully saturated rings. The van der Waals surface area contributed by atoms with E-state index in [4.69, 9.17) is 9.47 Å². The van der Waals surface area contributed by atoms with E-state index in [1.54, 1.807) is 26.3 Å². The Kier molecular flexibility index (Phi) is 5.13. The van der Waals surface area contributed by atoms with Gasteiger partial charge in [-0.05, 0) is 29.8 Å². The number of methoxy groups -OCH3 is 2. The van der Waals surface area contributed by atoms with Gasteiger partial charge in [-0.1, -0.05) is 12.1 Å². The van der Waals surface area contributed by atoms with Crippen LogP contribution in [0.3, 0.4) is 0 Å². The van der Waals surface area contributed by atoms with Crippen LogP contribution in [0, 0.1) is 11.8 Å². The van der Waals surface area contributed by atoms with Crippen LogP contribution in [0.15, 0.2) is 42.6 Å². The first kappa shape index (κ1) is 19.2. The summed E-state index contributed by atoms with van der Waals surface area (Å²) in [6, 6.07) is 11.6. The molecule has 3 heterocycles. The van der Waals surface area contributed by atoms with E-state index in [1.807, 2.05) is 35.2 Å². The normalized spacial score (nSPS) is 23.1. The smallest absolute Gasteiger partial charge is 0.339 e. The molecule has 2 aromatic rings. The number of aromatic nitrogens is 1. The van der Waals surface area contributed by atoms with E-state index in [-0.39, 0.29) is 17.9 Å². The van der Waals surface area contributed by atoms with E-state index in [0.717, 1.165) is 36.8 Å². The number of hydrogen-bond donors (Lipinski definition) is 0. The summed E-state index contributed by atoms with van der Waals surface area (Å²) >= 11 is 0. The second-order valence-electron chi connectivity index (χ2n) is 7.61. The molecular weight excluding hydrogens is 370 g/mol. The summed E-state index contributed by atoms with van der Waals surface area (Å²) in [4.78, 5) is 32.6. The molecule has 0 unspecified atom stereocenters. The van der Waals surface area contributed by atoms with E-state index in [9.17, 15) is 9.59 Å². The molecule has 2 saturated heterocycles. The van der Waals surface area contributed by atoms with Crippen LogP contribution >= 0.6 is 0 Å². The molecule has 3 atom stereocenters. The van der Waals surface area contributed by atoms with Gasteiger partial charge >= 0.3 is 5.97 Å². The molecule has 1 aromatic heterocycles. The minimum absolute atomic E-state index is 0.0442. The van der Waals surface area contributed by atoms with E-state index >= 15 is 0 Å². The van der Waals surface area contributed by atoms with Crippen molar-refractivity contribution in [1.82, 2.24) is 9.88 Å². The van der Waals surface area contributed by atoms with Crippen molar-refractivity contribution in [2.45, 2.75) is 13.0 Å². The fourth-order valence-corrected chi connectivity index (χ4v) is 4.60. The Morgan fingerprint density at radius 1 is 1.03 bits per heavy atom. The van der Waals surface area contributed by atoms with Crippen molar-refractivity contribution in [3.05, 3.63) is 53.7 Å².